The van der Waals surface area contributed by atoms with Crippen LogP contribution in [0, 0.1) is 0 Å². The topological polar surface area (TPSA) is 118 Å². The van der Waals surface area contributed by atoms with Gasteiger partial charge in [0.2, 0.25) is 0 Å². The van der Waals surface area contributed by atoms with E-state index < -0.39 is 13.8 Å². The van der Waals surface area contributed by atoms with Crippen molar-refractivity contribution in [3.8, 4) is 0 Å². The normalized spacial score (nSPS) is 13.5. The molecule has 0 aromatic carbocycles. The number of allylic oxidation sites excluding steroid dienone is 3. The molecule has 1 rings (SSSR count). The van der Waals surface area contributed by atoms with E-state index in [1.165, 1.54) is 6.08 Å². The quantitative estimate of drug-likeness (QED) is 0.333. The minimum Gasteiger partial charge on any atom is -0.756 e. The zero-order chi connectivity index (χ0) is 11.4. The maximum Gasteiger partial charge on any atom is 1.00 e. The summed E-state index contributed by atoms with van der Waals surface area (Å²) in [6.45, 7) is 3.52. The van der Waals surface area contributed by atoms with Crippen LogP contribution in [-0.2, 0) is 9.36 Å². The second-order valence-corrected chi connectivity index (χ2v) is 3.24. The first-order chi connectivity index (χ1) is 6.22. The molecule has 0 unspecified atom stereocenters. The molecule has 3 N–H and O–H groups in total. The Bertz CT molecular complexity index is 344. The largest absolute Gasteiger partial charge is 1.00 e. The van der Waals surface area contributed by atoms with Gasteiger partial charge in [-0.1, -0.05) is 18.7 Å². The number of aliphatic carboxylic acids is 1. The molecule has 1 aliphatic carbocycles. The molecule has 0 aromatic heterocycles. The van der Waals surface area contributed by atoms with Gasteiger partial charge in [0.25, 0.3) is 7.82 Å². The molecule has 78 valence electrons. The summed E-state index contributed by atoms with van der Waals surface area (Å²) in [4.78, 5) is 33.2. The van der Waals surface area contributed by atoms with Crippen molar-refractivity contribution in [2.45, 2.75) is 0 Å². The van der Waals surface area contributed by atoms with Crippen LogP contribution in [0.1, 0.15) is 0 Å². The second-order valence-electron chi connectivity index (χ2n) is 2.26. The molecule has 0 fully saturated rings. The van der Waals surface area contributed by atoms with Gasteiger partial charge in [0.1, 0.15) is 0 Å². The van der Waals surface area contributed by atoms with Crippen LogP contribution in [0.5, 0.6) is 0 Å². The number of phosphoric acid groups is 1. The van der Waals surface area contributed by atoms with E-state index in [0.717, 1.165) is 0 Å². The number of carboxylic acids is 1. The Hall–Kier alpha value is 0.436. The summed E-state index contributed by atoms with van der Waals surface area (Å²) in [5.74, 6) is -0.912. The van der Waals surface area contributed by atoms with Crippen molar-refractivity contribution in [2.75, 3.05) is 0 Å². The molecule has 0 aromatic rings. The Kier molecular flexibility index (Phi) is 9.11. The Morgan fingerprint density at radius 1 is 1.47 bits per heavy atom. The van der Waals surface area contributed by atoms with Crippen molar-refractivity contribution in [1.29, 1.82) is 0 Å². The van der Waals surface area contributed by atoms with Gasteiger partial charge in [-0.2, -0.15) is 0 Å². The monoisotopic (exact) mass is 258 g/mol. The van der Waals surface area contributed by atoms with Crippen molar-refractivity contribution in [3.63, 3.8) is 0 Å². The molecule has 0 saturated heterocycles. The van der Waals surface area contributed by atoms with E-state index >= 15 is 0 Å². The predicted molar refractivity (Wildman–Crippen MR) is 46.0 cm³/mol. The van der Waals surface area contributed by atoms with E-state index in [1.807, 2.05) is 0 Å². The van der Waals surface area contributed by atoms with Crippen LogP contribution in [0.15, 0.2) is 36.0 Å². The number of rotatable bonds is 1. The molecular formula is C7H8KO6P. The van der Waals surface area contributed by atoms with Gasteiger partial charge in [0.05, 0.1) is 5.57 Å². The summed E-state index contributed by atoms with van der Waals surface area (Å²) < 4.78 is 8.77. The summed E-state index contributed by atoms with van der Waals surface area (Å²) in [6, 6.07) is 0. The third-order valence-electron chi connectivity index (χ3n) is 1.14. The fraction of sp³-hybridized carbons (Fsp3) is 0. The zero-order valence-electron chi connectivity index (χ0n) is 7.95. The fourth-order valence-electron chi connectivity index (χ4n) is 0.666. The Labute approximate surface area is 129 Å². The van der Waals surface area contributed by atoms with E-state index in [9.17, 15) is 4.79 Å². The van der Waals surface area contributed by atoms with E-state index in [1.54, 1.807) is 12.2 Å². The smallest absolute Gasteiger partial charge is 0.756 e. The molecule has 0 aliphatic heterocycles. The van der Waals surface area contributed by atoms with Gasteiger partial charge < -0.3 is 19.8 Å². The van der Waals surface area contributed by atoms with E-state index in [4.69, 9.17) is 24.4 Å². The first kappa shape index (κ1) is 17.8. The molecule has 0 saturated carbocycles. The van der Waals surface area contributed by atoms with Crippen LogP contribution in [0.25, 0.3) is 0 Å². The Morgan fingerprint density at radius 2 is 1.87 bits per heavy atom. The van der Waals surface area contributed by atoms with Gasteiger partial charge in [-0.15, -0.1) is 0 Å². The molecule has 0 heterocycles. The van der Waals surface area contributed by atoms with E-state index in [2.05, 4.69) is 6.58 Å². The third kappa shape index (κ3) is 10.7. The van der Waals surface area contributed by atoms with Gasteiger partial charge >= 0.3 is 57.4 Å². The number of hydrogen-bond donors (Lipinski definition) is 3. The predicted octanol–water partition coefficient (Wildman–Crippen LogP) is -3.43. The van der Waals surface area contributed by atoms with Crippen LogP contribution in [0.2, 0.25) is 0 Å². The van der Waals surface area contributed by atoms with Crippen molar-refractivity contribution < 1.29 is 80.5 Å². The van der Waals surface area contributed by atoms with Crippen LogP contribution in [-0.4, -0.2) is 20.9 Å². The molecule has 0 bridgehead atoms. The van der Waals surface area contributed by atoms with Crippen LogP contribution >= 0.6 is 7.82 Å². The van der Waals surface area contributed by atoms with Crippen LogP contribution < -0.4 is 56.3 Å². The van der Waals surface area contributed by atoms with Crippen LogP contribution in [0.3, 0.4) is 0 Å². The van der Waals surface area contributed by atoms with Gasteiger partial charge in [0, 0.05) is 0 Å². The SMILES string of the molecule is C=C1C=CC=C1C(=O)O.O=P([O-])(O)O.[K+]. The van der Waals surface area contributed by atoms with Crippen LogP contribution in [0.4, 0.5) is 0 Å². The summed E-state index contributed by atoms with van der Waals surface area (Å²) in [6.07, 6.45) is 4.87. The van der Waals surface area contributed by atoms with Gasteiger partial charge in [-0.25, -0.2) is 4.79 Å². The van der Waals surface area contributed by atoms with Crippen molar-refractivity contribution >= 4 is 13.8 Å². The maximum absolute atomic E-state index is 10.2. The molecule has 8 heteroatoms. The Balaban J connectivity index is 0. The Morgan fingerprint density at radius 3 is 2.00 bits per heavy atom. The maximum atomic E-state index is 10.2. The summed E-state index contributed by atoms with van der Waals surface area (Å²) in [5, 5.41) is 8.41. The van der Waals surface area contributed by atoms with E-state index in [0.29, 0.717) is 5.57 Å². The molecule has 0 spiro atoms. The molecule has 6 nitrogen and oxygen atoms in total. The number of carbonyl (C=O) groups is 1. The third-order valence-corrected chi connectivity index (χ3v) is 1.14. The summed E-state index contributed by atoms with van der Waals surface area (Å²) in [7, 11) is -4.89. The van der Waals surface area contributed by atoms with E-state index in [-0.39, 0.29) is 57.0 Å². The molecule has 15 heavy (non-hydrogen) atoms. The van der Waals surface area contributed by atoms with Crippen molar-refractivity contribution in [2.24, 2.45) is 0 Å². The van der Waals surface area contributed by atoms with Crippen molar-refractivity contribution in [3.05, 3.63) is 36.0 Å². The second kappa shape index (κ2) is 7.67. The number of hydrogen-bond acceptors (Lipinski definition) is 3. The fourth-order valence-corrected chi connectivity index (χ4v) is 0.666. The standard InChI is InChI=1S/C7H6O2.K.H3O4P/c1-5-3-2-4-6(5)7(8)9;;1-5(2,3)4/h2-4H,1H2,(H,8,9);;(H3,1,2,3,4)/q;+1;/p-1. The van der Waals surface area contributed by atoms with Crippen molar-refractivity contribution in [1.82, 2.24) is 0 Å². The zero-order valence-corrected chi connectivity index (χ0v) is 12.0. The number of carboxylic acid groups (broad SMARTS) is 1. The van der Waals surface area contributed by atoms with Gasteiger partial charge in [-0.3, -0.25) is 4.57 Å². The molecule has 0 radical (unpaired) electrons. The van der Waals surface area contributed by atoms with Gasteiger partial charge in [-0.05, 0) is 11.6 Å². The average Bonchev–Trinajstić information content (AvgIpc) is 2.30. The molecule has 1 aliphatic rings. The summed E-state index contributed by atoms with van der Waals surface area (Å²) in [5.41, 5.74) is 0.859. The molecular weight excluding hydrogens is 250 g/mol. The average molecular weight is 258 g/mol. The summed E-state index contributed by atoms with van der Waals surface area (Å²) >= 11 is 0. The molecule has 0 amide bonds. The minimum atomic E-state index is -4.89. The first-order valence-corrected chi connectivity index (χ1v) is 4.82. The van der Waals surface area contributed by atoms with Gasteiger partial charge in [0.15, 0.2) is 0 Å². The first-order valence-electron chi connectivity index (χ1n) is 3.29. The molecule has 0 atom stereocenters. The minimum absolute atomic E-state index is 0.